The summed E-state index contributed by atoms with van der Waals surface area (Å²) in [6.07, 6.45) is 5.41. The van der Waals surface area contributed by atoms with E-state index in [1.807, 2.05) is 6.92 Å². The van der Waals surface area contributed by atoms with E-state index in [0.717, 1.165) is 36.9 Å². The van der Waals surface area contributed by atoms with Crippen molar-refractivity contribution in [3.05, 3.63) is 41.1 Å². The predicted molar refractivity (Wildman–Crippen MR) is 136 cm³/mol. The minimum Gasteiger partial charge on any atom is -0.376 e. The largest absolute Gasteiger partial charge is 0.376 e. The minimum atomic E-state index is -3.85. The van der Waals surface area contributed by atoms with Crippen LogP contribution in [0.4, 0.5) is 0 Å². The quantitative estimate of drug-likeness (QED) is 0.573. The lowest BCUT2D eigenvalue weighted by Gasteiger charge is -2.37. The average molecular weight is 475 g/mol. The maximum Gasteiger partial charge on any atom is 0.239 e. The van der Waals surface area contributed by atoms with Gasteiger partial charge >= 0.3 is 0 Å². The molecule has 0 atom stereocenters. The molecule has 0 amide bonds. The lowest BCUT2D eigenvalue weighted by molar-refractivity contribution is -0.0518. The molecule has 184 valence electrons. The summed E-state index contributed by atoms with van der Waals surface area (Å²) in [5.41, 5.74) is 4.67. The molecule has 1 aromatic heterocycles. The van der Waals surface area contributed by atoms with E-state index in [9.17, 15) is 8.42 Å². The fraction of sp³-hybridized carbons (Fsp3) is 0.630. The first-order valence-corrected chi connectivity index (χ1v) is 13.6. The molecule has 0 unspecified atom stereocenters. The van der Waals surface area contributed by atoms with Gasteiger partial charge in [0.15, 0.2) is 0 Å². The van der Waals surface area contributed by atoms with Crippen LogP contribution < -0.4 is 5.14 Å². The zero-order valence-electron chi connectivity index (χ0n) is 21.7. The molecule has 1 aliphatic rings. The summed E-state index contributed by atoms with van der Waals surface area (Å²) in [5.74, 6) is 0. The first kappa shape index (κ1) is 26.0. The molecule has 1 saturated carbocycles. The van der Waals surface area contributed by atoms with E-state index in [-0.39, 0.29) is 21.3 Å². The number of nitrogens with zero attached hydrogens (tertiary/aromatic N) is 1. The highest BCUT2D eigenvalue weighted by molar-refractivity contribution is 7.89. The second-order valence-electron chi connectivity index (χ2n) is 11.9. The molecule has 33 heavy (non-hydrogen) atoms. The van der Waals surface area contributed by atoms with Gasteiger partial charge in [-0.3, -0.25) is 0 Å². The molecule has 0 saturated heterocycles. The molecule has 0 radical (unpaired) electrons. The molecular weight excluding hydrogens is 432 g/mol. The smallest absolute Gasteiger partial charge is 0.239 e. The van der Waals surface area contributed by atoms with Crippen molar-refractivity contribution in [3.8, 4) is 11.3 Å². The number of rotatable bonds is 5. The van der Waals surface area contributed by atoms with Crippen LogP contribution in [0.3, 0.4) is 0 Å². The van der Waals surface area contributed by atoms with Crippen molar-refractivity contribution >= 4 is 10.0 Å². The Hall–Kier alpha value is -1.63. The molecule has 2 aromatic rings. The summed E-state index contributed by atoms with van der Waals surface area (Å²) >= 11 is 0. The van der Waals surface area contributed by atoms with Crippen LogP contribution in [0, 0.1) is 6.92 Å². The van der Waals surface area contributed by atoms with Crippen molar-refractivity contribution in [1.82, 2.24) is 4.57 Å². The third kappa shape index (κ3) is 5.55. The monoisotopic (exact) mass is 474 g/mol. The summed E-state index contributed by atoms with van der Waals surface area (Å²) in [5, 5.41) is 5.64. The maximum absolute atomic E-state index is 12.5. The highest BCUT2D eigenvalue weighted by atomic mass is 32.2. The normalized spacial score (nSPS) is 17.4. The van der Waals surface area contributed by atoms with Gasteiger partial charge in [-0.25, -0.2) is 13.6 Å². The van der Waals surface area contributed by atoms with Crippen LogP contribution in [-0.4, -0.2) is 25.7 Å². The Labute approximate surface area is 200 Å². The highest BCUT2D eigenvalue weighted by Crippen LogP contribution is 2.39. The number of aromatic nitrogens is 1. The molecule has 6 heteroatoms. The van der Waals surface area contributed by atoms with E-state index in [0.29, 0.717) is 12.2 Å². The fourth-order valence-corrected chi connectivity index (χ4v) is 5.70. The standard InChI is InChI=1S/C27H42N2O3S/c1-19-24(33(28,30)31)17-23(29(19)18-27(32-8)12-10-9-11-13-27)20-14-21(25(2,3)4)16-22(15-20)26(5,6)7/h14-17H,9-13,18H2,1-8H3,(H2,28,30,31). The molecule has 5 nitrogen and oxygen atoms in total. The Balaban J connectivity index is 2.28. The van der Waals surface area contributed by atoms with E-state index in [4.69, 9.17) is 9.88 Å². The van der Waals surface area contributed by atoms with Gasteiger partial charge in [0.2, 0.25) is 10.0 Å². The molecular formula is C27H42N2O3S. The van der Waals surface area contributed by atoms with Gasteiger partial charge in [0.1, 0.15) is 4.90 Å². The van der Waals surface area contributed by atoms with Crippen LogP contribution in [0.15, 0.2) is 29.2 Å². The fourth-order valence-electron chi connectivity index (χ4n) is 4.90. The number of benzene rings is 1. The van der Waals surface area contributed by atoms with Crippen LogP contribution in [0.1, 0.15) is 90.5 Å². The van der Waals surface area contributed by atoms with Crippen LogP contribution in [0.5, 0.6) is 0 Å². The van der Waals surface area contributed by atoms with Crippen LogP contribution in [0.25, 0.3) is 11.3 Å². The molecule has 3 rings (SSSR count). The summed E-state index contributed by atoms with van der Waals surface area (Å²) in [4.78, 5) is 0.193. The SMILES string of the molecule is COC1(Cn2c(-c3cc(C(C)(C)C)cc(C(C)(C)C)c3)cc(S(N)(=O)=O)c2C)CCCCC1. The second-order valence-corrected chi connectivity index (χ2v) is 13.4. The third-order valence-corrected chi connectivity index (χ3v) is 8.26. The number of hydrogen-bond acceptors (Lipinski definition) is 3. The average Bonchev–Trinajstić information content (AvgIpc) is 3.03. The summed E-state index contributed by atoms with van der Waals surface area (Å²) in [7, 11) is -2.07. The second kappa shape index (κ2) is 8.86. The number of methoxy groups -OCH3 is 1. The van der Waals surface area contributed by atoms with Crippen LogP contribution in [0.2, 0.25) is 0 Å². The van der Waals surface area contributed by atoms with Crippen molar-refractivity contribution in [2.24, 2.45) is 5.14 Å². The Kier molecular flexibility index (Phi) is 6.98. The number of sulfonamides is 1. The van der Waals surface area contributed by atoms with Gasteiger partial charge in [-0.05, 0) is 65.5 Å². The Morgan fingerprint density at radius 2 is 1.45 bits per heavy atom. The first-order chi connectivity index (χ1) is 15.1. The molecule has 1 heterocycles. The van der Waals surface area contributed by atoms with Crippen molar-refractivity contribution in [2.45, 2.75) is 108 Å². The molecule has 0 aliphatic heterocycles. The Morgan fingerprint density at radius 1 is 0.939 bits per heavy atom. The summed E-state index contributed by atoms with van der Waals surface area (Å²) in [6, 6.07) is 8.44. The number of nitrogens with two attached hydrogens (primary N) is 1. The summed E-state index contributed by atoms with van der Waals surface area (Å²) in [6.45, 7) is 15.7. The van der Waals surface area contributed by atoms with E-state index in [1.165, 1.54) is 17.5 Å². The van der Waals surface area contributed by atoms with Crippen LogP contribution in [-0.2, 0) is 32.1 Å². The third-order valence-electron chi connectivity index (χ3n) is 7.23. The molecule has 1 aliphatic carbocycles. The lowest BCUT2D eigenvalue weighted by atomic mass is 9.79. The van der Waals surface area contributed by atoms with E-state index in [2.05, 4.69) is 64.3 Å². The van der Waals surface area contributed by atoms with E-state index >= 15 is 0 Å². The minimum absolute atomic E-state index is 0.0393. The van der Waals surface area contributed by atoms with Crippen molar-refractivity contribution in [1.29, 1.82) is 0 Å². The van der Waals surface area contributed by atoms with Gasteiger partial charge in [0.05, 0.1) is 12.1 Å². The number of primary sulfonamides is 1. The first-order valence-electron chi connectivity index (χ1n) is 12.0. The van der Waals surface area contributed by atoms with Gasteiger partial charge in [-0.2, -0.15) is 0 Å². The topological polar surface area (TPSA) is 74.3 Å². The van der Waals surface area contributed by atoms with E-state index < -0.39 is 10.0 Å². The Morgan fingerprint density at radius 3 is 1.88 bits per heavy atom. The van der Waals surface area contributed by atoms with Crippen molar-refractivity contribution < 1.29 is 13.2 Å². The van der Waals surface area contributed by atoms with Gasteiger partial charge in [0.25, 0.3) is 0 Å². The highest BCUT2D eigenvalue weighted by Gasteiger charge is 2.35. The number of hydrogen-bond donors (Lipinski definition) is 1. The summed E-state index contributed by atoms with van der Waals surface area (Å²) < 4.78 is 33.2. The molecule has 1 fully saturated rings. The molecule has 2 N–H and O–H groups in total. The number of ether oxygens (including phenoxy) is 1. The van der Waals surface area contributed by atoms with Gasteiger partial charge in [0, 0.05) is 18.5 Å². The van der Waals surface area contributed by atoms with Crippen LogP contribution >= 0.6 is 0 Å². The molecule has 1 aromatic carbocycles. The molecule has 0 bridgehead atoms. The zero-order valence-corrected chi connectivity index (χ0v) is 22.5. The lowest BCUT2D eigenvalue weighted by Crippen LogP contribution is -2.39. The molecule has 0 spiro atoms. The van der Waals surface area contributed by atoms with Gasteiger partial charge in [-0.1, -0.05) is 66.9 Å². The Bertz CT molecular complexity index is 1080. The van der Waals surface area contributed by atoms with Gasteiger partial charge < -0.3 is 9.30 Å². The van der Waals surface area contributed by atoms with E-state index in [1.54, 1.807) is 13.2 Å². The maximum atomic E-state index is 12.5. The zero-order chi connectivity index (χ0) is 24.8. The van der Waals surface area contributed by atoms with Crippen molar-refractivity contribution in [3.63, 3.8) is 0 Å². The van der Waals surface area contributed by atoms with Crippen molar-refractivity contribution in [2.75, 3.05) is 7.11 Å². The predicted octanol–water partition coefficient (Wildman–Crippen LogP) is 6.06. The van der Waals surface area contributed by atoms with Gasteiger partial charge in [-0.15, -0.1) is 0 Å².